The topological polar surface area (TPSA) is 65.8 Å². The van der Waals surface area contributed by atoms with E-state index in [1.807, 2.05) is 35.2 Å². The fraction of sp³-hybridized carbons (Fsp3) is 0.368. The highest BCUT2D eigenvalue weighted by atomic mass is 16.3. The van der Waals surface area contributed by atoms with Crippen LogP contribution in [0.1, 0.15) is 28.1 Å². The Labute approximate surface area is 146 Å². The second kappa shape index (κ2) is 6.72. The van der Waals surface area contributed by atoms with Crippen LogP contribution in [-0.2, 0) is 17.8 Å². The van der Waals surface area contributed by atoms with Crippen molar-refractivity contribution in [2.75, 3.05) is 31.5 Å². The highest BCUT2D eigenvalue weighted by Gasteiger charge is 2.24. The number of hydrogen-bond acceptors (Lipinski definition) is 4. The van der Waals surface area contributed by atoms with E-state index in [9.17, 15) is 9.59 Å². The van der Waals surface area contributed by atoms with Crippen LogP contribution in [0.4, 0.5) is 5.69 Å². The number of carbonyl (C=O) groups is 2. The number of hydrogen-bond donors (Lipinski definition) is 1. The van der Waals surface area contributed by atoms with E-state index in [1.54, 1.807) is 6.26 Å². The molecule has 130 valence electrons. The first-order chi connectivity index (χ1) is 12.2. The van der Waals surface area contributed by atoms with E-state index in [0.29, 0.717) is 31.5 Å². The summed E-state index contributed by atoms with van der Waals surface area (Å²) in [5, 5.41) is 2.85. The molecular weight excluding hydrogens is 318 g/mol. The third kappa shape index (κ3) is 3.44. The summed E-state index contributed by atoms with van der Waals surface area (Å²) in [4.78, 5) is 28.4. The highest BCUT2D eigenvalue weighted by molar-refractivity contribution is 5.98. The van der Waals surface area contributed by atoms with E-state index in [-0.39, 0.29) is 11.8 Å². The fourth-order valence-corrected chi connectivity index (χ4v) is 3.43. The summed E-state index contributed by atoms with van der Waals surface area (Å²) in [5.41, 5.74) is 2.58. The van der Waals surface area contributed by atoms with E-state index in [2.05, 4.69) is 10.2 Å². The Morgan fingerprint density at radius 2 is 1.96 bits per heavy atom. The van der Waals surface area contributed by atoms with Crippen LogP contribution in [0.3, 0.4) is 0 Å². The molecule has 4 rings (SSSR count). The average Bonchev–Trinajstić information content (AvgIpc) is 3.14. The van der Waals surface area contributed by atoms with Gasteiger partial charge in [0.05, 0.1) is 12.8 Å². The van der Waals surface area contributed by atoms with Crippen LogP contribution < -0.4 is 5.32 Å². The molecular formula is C19H21N3O3. The molecule has 6 nitrogen and oxygen atoms in total. The van der Waals surface area contributed by atoms with Crippen LogP contribution in [0.5, 0.6) is 0 Å². The van der Waals surface area contributed by atoms with Gasteiger partial charge in [-0.05, 0) is 42.3 Å². The molecule has 2 aliphatic rings. The van der Waals surface area contributed by atoms with Gasteiger partial charge in [-0.2, -0.15) is 0 Å². The maximum absolute atomic E-state index is 12.8. The molecule has 2 aliphatic heterocycles. The molecule has 6 heteroatoms. The number of amides is 2. The Bertz CT molecular complexity index is 777. The quantitative estimate of drug-likeness (QED) is 0.930. The van der Waals surface area contributed by atoms with Gasteiger partial charge in [0, 0.05) is 43.9 Å². The van der Waals surface area contributed by atoms with Gasteiger partial charge < -0.3 is 14.6 Å². The van der Waals surface area contributed by atoms with Crippen molar-refractivity contribution in [2.24, 2.45) is 0 Å². The summed E-state index contributed by atoms with van der Waals surface area (Å²) >= 11 is 0. The molecule has 0 bridgehead atoms. The van der Waals surface area contributed by atoms with Crippen LogP contribution in [0.25, 0.3) is 0 Å². The average molecular weight is 339 g/mol. The first-order valence-corrected chi connectivity index (χ1v) is 8.66. The summed E-state index contributed by atoms with van der Waals surface area (Å²) in [6.07, 6.45) is 2.86. The lowest BCUT2D eigenvalue weighted by Gasteiger charge is -2.34. The molecule has 2 amide bonds. The van der Waals surface area contributed by atoms with E-state index in [1.165, 1.54) is 0 Å². The number of benzene rings is 1. The van der Waals surface area contributed by atoms with Crippen molar-refractivity contribution in [3.63, 3.8) is 0 Å². The van der Waals surface area contributed by atoms with Gasteiger partial charge in [0.15, 0.2) is 0 Å². The number of furan rings is 1. The van der Waals surface area contributed by atoms with Crippen molar-refractivity contribution in [2.45, 2.75) is 19.4 Å². The van der Waals surface area contributed by atoms with Crippen LogP contribution in [0.15, 0.2) is 41.0 Å². The van der Waals surface area contributed by atoms with Gasteiger partial charge >= 0.3 is 0 Å². The zero-order valence-electron chi connectivity index (χ0n) is 14.0. The van der Waals surface area contributed by atoms with Gasteiger partial charge in [-0.3, -0.25) is 14.5 Å². The third-order valence-electron chi connectivity index (χ3n) is 4.87. The van der Waals surface area contributed by atoms with E-state index in [0.717, 1.165) is 36.6 Å². The minimum absolute atomic E-state index is 0.0410. The number of anilines is 1. The molecule has 0 atom stereocenters. The van der Waals surface area contributed by atoms with Gasteiger partial charge in [-0.25, -0.2) is 0 Å². The van der Waals surface area contributed by atoms with E-state index in [4.69, 9.17) is 4.42 Å². The molecule has 1 aromatic heterocycles. The van der Waals surface area contributed by atoms with E-state index < -0.39 is 0 Å². The number of aryl methyl sites for hydroxylation is 1. The van der Waals surface area contributed by atoms with Crippen molar-refractivity contribution in [1.29, 1.82) is 0 Å². The minimum atomic E-state index is 0.0410. The van der Waals surface area contributed by atoms with Crippen LogP contribution in [0, 0.1) is 0 Å². The standard InChI is InChI=1S/C19H21N3O3/c23-18-6-4-14-12-15(3-5-17(14)20-18)19(24)22-9-7-21(8-10-22)13-16-2-1-11-25-16/h1-3,5,11-12H,4,6-10,13H2,(H,20,23). The van der Waals surface area contributed by atoms with Gasteiger partial charge in [0.2, 0.25) is 5.91 Å². The molecule has 1 saturated heterocycles. The summed E-state index contributed by atoms with van der Waals surface area (Å²) in [5.74, 6) is 1.06. The molecule has 2 aromatic rings. The van der Waals surface area contributed by atoms with Crippen molar-refractivity contribution in [1.82, 2.24) is 9.80 Å². The second-order valence-electron chi connectivity index (χ2n) is 6.57. The third-order valence-corrected chi connectivity index (χ3v) is 4.87. The van der Waals surface area contributed by atoms with Gasteiger partial charge in [-0.1, -0.05) is 0 Å². The molecule has 25 heavy (non-hydrogen) atoms. The van der Waals surface area contributed by atoms with E-state index >= 15 is 0 Å². The predicted molar refractivity (Wildman–Crippen MR) is 93.3 cm³/mol. The number of carbonyl (C=O) groups excluding carboxylic acids is 2. The Morgan fingerprint density at radius 1 is 1.12 bits per heavy atom. The molecule has 1 N–H and O–H groups in total. The van der Waals surface area contributed by atoms with Crippen molar-refractivity contribution >= 4 is 17.5 Å². The van der Waals surface area contributed by atoms with Crippen molar-refractivity contribution < 1.29 is 14.0 Å². The molecule has 0 spiro atoms. The summed E-state index contributed by atoms with van der Waals surface area (Å²) in [6.45, 7) is 3.90. The largest absolute Gasteiger partial charge is 0.468 e. The predicted octanol–water partition coefficient (Wildman–Crippen LogP) is 2.12. The Balaban J connectivity index is 1.38. The Hall–Kier alpha value is -2.60. The number of nitrogens with one attached hydrogen (secondary N) is 1. The first kappa shape index (κ1) is 15.9. The normalized spacial score (nSPS) is 17.9. The monoisotopic (exact) mass is 339 g/mol. The molecule has 1 fully saturated rings. The molecule has 0 aliphatic carbocycles. The lowest BCUT2D eigenvalue weighted by atomic mass is 10.00. The summed E-state index contributed by atoms with van der Waals surface area (Å²) in [6, 6.07) is 9.44. The maximum atomic E-state index is 12.8. The molecule has 1 aromatic carbocycles. The lowest BCUT2D eigenvalue weighted by Crippen LogP contribution is -2.48. The Kier molecular flexibility index (Phi) is 4.28. The van der Waals surface area contributed by atoms with Gasteiger partial charge in [-0.15, -0.1) is 0 Å². The zero-order valence-corrected chi connectivity index (χ0v) is 14.0. The molecule has 3 heterocycles. The Morgan fingerprint density at radius 3 is 2.72 bits per heavy atom. The second-order valence-corrected chi connectivity index (χ2v) is 6.57. The smallest absolute Gasteiger partial charge is 0.253 e. The molecule has 0 saturated carbocycles. The minimum Gasteiger partial charge on any atom is -0.468 e. The zero-order chi connectivity index (χ0) is 17.2. The van der Waals surface area contributed by atoms with Gasteiger partial charge in [0.1, 0.15) is 5.76 Å². The number of piperazine rings is 1. The summed E-state index contributed by atoms with van der Waals surface area (Å²) in [7, 11) is 0. The van der Waals surface area contributed by atoms with Gasteiger partial charge in [0.25, 0.3) is 5.91 Å². The molecule has 0 radical (unpaired) electrons. The first-order valence-electron chi connectivity index (χ1n) is 8.66. The number of fused-ring (bicyclic) bond motifs is 1. The SMILES string of the molecule is O=C1CCc2cc(C(=O)N3CCN(Cc4ccco4)CC3)ccc2N1. The summed E-state index contributed by atoms with van der Waals surface area (Å²) < 4.78 is 5.39. The van der Waals surface area contributed by atoms with Crippen LogP contribution in [-0.4, -0.2) is 47.8 Å². The highest BCUT2D eigenvalue weighted by Crippen LogP contribution is 2.24. The fourth-order valence-electron chi connectivity index (χ4n) is 3.43. The maximum Gasteiger partial charge on any atom is 0.253 e. The van der Waals surface area contributed by atoms with Crippen molar-refractivity contribution in [3.8, 4) is 0 Å². The van der Waals surface area contributed by atoms with Crippen LogP contribution in [0.2, 0.25) is 0 Å². The molecule has 0 unspecified atom stereocenters. The lowest BCUT2D eigenvalue weighted by molar-refractivity contribution is -0.116. The number of rotatable bonds is 3. The van der Waals surface area contributed by atoms with Crippen LogP contribution >= 0.6 is 0 Å². The van der Waals surface area contributed by atoms with Crippen molar-refractivity contribution in [3.05, 3.63) is 53.5 Å². The number of nitrogens with zero attached hydrogens (tertiary/aromatic N) is 2.